The van der Waals surface area contributed by atoms with Gasteiger partial charge < -0.3 is 15.0 Å². The highest BCUT2D eigenvalue weighted by Gasteiger charge is 2.21. The number of aromatic amines is 1. The van der Waals surface area contributed by atoms with Crippen molar-refractivity contribution in [1.29, 1.82) is 0 Å². The zero-order valence-electron chi connectivity index (χ0n) is 13.4. The molecule has 0 saturated carbocycles. The molecule has 0 amide bonds. The highest BCUT2D eigenvalue weighted by atomic mass is 32.1. The highest BCUT2D eigenvalue weighted by Crippen LogP contribution is 2.27. The van der Waals surface area contributed by atoms with Crippen molar-refractivity contribution < 1.29 is 14.8 Å². The second kappa shape index (κ2) is 7.02. The van der Waals surface area contributed by atoms with Gasteiger partial charge in [0.25, 0.3) is 5.56 Å². The molecule has 0 unspecified atom stereocenters. The Morgan fingerprint density at radius 1 is 1.45 bits per heavy atom. The molecule has 0 fully saturated rings. The molecule has 0 radical (unpaired) electrons. The molecule has 7 heteroatoms. The van der Waals surface area contributed by atoms with E-state index in [4.69, 9.17) is 4.74 Å². The fourth-order valence-corrected chi connectivity index (χ4v) is 3.38. The van der Waals surface area contributed by atoms with Crippen LogP contribution in [0.2, 0.25) is 0 Å². The topological polar surface area (TPSA) is 88.7 Å². The summed E-state index contributed by atoms with van der Waals surface area (Å²) in [7, 11) is 0. The lowest BCUT2D eigenvalue weighted by molar-refractivity contribution is -0.693. The van der Waals surface area contributed by atoms with Crippen LogP contribution in [0.3, 0.4) is 0 Å². The number of carbonyl (C=O) groups is 1. The molecule has 0 spiro atoms. The number of nitrogens with two attached hydrogens (primary N) is 1. The number of thiophene rings is 1. The maximum Gasteiger partial charge on any atom is 0.348 e. The predicted octanol–water partition coefficient (Wildman–Crippen LogP) is 1.50. The normalized spacial score (nSPS) is 12.5. The van der Waals surface area contributed by atoms with Gasteiger partial charge in [0.1, 0.15) is 15.7 Å². The molecular weight excluding hydrogens is 302 g/mol. The second-order valence-electron chi connectivity index (χ2n) is 5.22. The molecule has 0 bridgehead atoms. The summed E-state index contributed by atoms with van der Waals surface area (Å²) in [5.41, 5.74) is 0.449. The van der Waals surface area contributed by atoms with Gasteiger partial charge in [-0.2, -0.15) is 0 Å². The quantitative estimate of drug-likeness (QED) is 0.788. The zero-order valence-corrected chi connectivity index (χ0v) is 14.2. The number of carbonyl (C=O) groups excluding carboxylic acids is 1. The number of ether oxygens (including phenoxy) is 1. The van der Waals surface area contributed by atoms with Gasteiger partial charge in [-0.1, -0.05) is 6.92 Å². The van der Waals surface area contributed by atoms with E-state index in [0.29, 0.717) is 33.1 Å². The molecule has 22 heavy (non-hydrogen) atoms. The molecule has 1 atom stereocenters. The number of nitrogens with zero attached hydrogens (tertiary/aromatic N) is 1. The number of quaternary nitrogens is 1. The Balaban J connectivity index is 2.47. The van der Waals surface area contributed by atoms with Crippen molar-refractivity contribution in [3.05, 3.63) is 26.6 Å². The van der Waals surface area contributed by atoms with E-state index in [9.17, 15) is 9.59 Å². The minimum Gasteiger partial charge on any atom is -0.462 e. The number of aromatic nitrogens is 2. The number of aryl methyl sites for hydroxylation is 1. The van der Waals surface area contributed by atoms with Crippen molar-refractivity contribution in [3.8, 4) is 0 Å². The predicted molar refractivity (Wildman–Crippen MR) is 86.4 cm³/mol. The third-order valence-electron chi connectivity index (χ3n) is 3.52. The fraction of sp³-hybridized carbons (Fsp3) is 0.533. The molecule has 3 N–H and O–H groups in total. The van der Waals surface area contributed by atoms with Crippen LogP contribution in [0, 0.1) is 6.92 Å². The van der Waals surface area contributed by atoms with Gasteiger partial charge >= 0.3 is 5.97 Å². The van der Waals surface area contributed by atoms with Crippen molar-refractivity contribution in [2.24, 2.45) is 0 Å². The Morgan fingerprint density at radius 3 is 2.82 bits per heavy atom. The van der Waals surface area contributed by atoms with Crippen LogP contribution in [0.1, 0.15) is 54.3 Å². The summed E-state index contributed by atoms with van der Waals surface area (Å²) in [5.74, 6) is 0.247. The van der Waals surface area contributed by atoms with Crippen molar-refractivity contribution in [1.82, 2.24) is 9.97 Å². The van der Waals surface area contributed by atoms with Crippen LogP contribution in [0.15, 0.2) is 4.79 Å². The first-order valence-electron chi connectivity index (χ1n) is 7.53. The number of rotatable bonds is 6. The van der Waals surface area contributed by atoms with E-state index in [0.717, 1.165) is 13.0 Å². The van der Waals surface area contributed by atoms with Gasteiger partial charge in [0.15, 0.2) is 5.82 Å². The fourth-order valence-electron chi connectivity index (χ4n) is 2.30. The average Bonchev–Trinajstić information content (AvgIpc) is 2.82. The van der Waals surface area contributed by atoms with Crippen LogP contribution in [-0.4, -0.2) is 29.1 Å². The first kappa shape index (κ1) is 16.6. The molecule has 0 aliphatic rings. The summed E-state index contributed by atoms with van der Waals surface area (Å²) in [4.78, 5) is 32.7. The van der Waals surface area contributed by atoms with Crippen LogP contribution in [0.4, 0.5) is 0 Å². The van der Waals surface area contributed by atoms with Crippen molar-refractivity contribution >= 4 is 27.5 Å². The standard InChI is InChI=1S/C15H21N3O3S/c1-5-7-16-9(4)12-17-13(19)10-8(3)11(15(20)21-6-2)22-14(10)18-12/h9,16H,5-7H2,1-4H3,(H,17,18,19)/p+1/t9-/m0/s1. The lowest BCUT2D eigenvalue weighted by Crippen LogP contribution is -2.84. The van der Waals surface area contributed by atoms with Crippen molar-refractivity contribution in [3.63, 3.8) is 0 Å². The number of esters is 1. The number of hydrogen-bond donors (Lipinski definition) is 2. The summed E-state index contributed by atoms with van der Waals surface area (Å²) in [5, 5.41) is 2.62. The summed E-state index contributed by atoms with van der Waals surface area (Å²) in [6.07, 6.45) is 1.06. The molecule has 0 saturated heterocycles. The largest absolute Gasteiger partial charge is 0.462 e. The van der Waals surface area contributed by atoms with Gasteiger partial charge in [0.05, 0.1) is 18.5 Å². The number of H-pyrrole nitrogens is 1. The third kappa shape index (κ3) is 3.20. The molecule has 6 nitrogen and oxygen atoms in total. The van der Waals surface area contributed by atoms with Crippen LogP contribution in [-0.2, 0) is 4.74 Å². The van der Waals surface area contributed by atoms with Crippen LogP contribution >= 0.6 is 11.3 Å². The smallest absolute Gasteiger partial charge is 0.348 e. The minimum atomic E-state index is -0.394. The number of nitrogens with one attached hydrogen (secondary N) is 1. The summed E-state index contributed by atoms with van der Waals surface area (Å²) in [6, 6.07) is 0.0745. The molecule has 0 aromatic carbocycles. The van der Waals surface area contributed by atoms with E-state index in [1.54, 1.807) is 13.8 Å². The number of hydrogen-bond acceptors (Lipinski definition) is 5. The van der Waals surface area contributed by atoms with Gasteiger partial charge in [-0.05, 0) is 32.8 Å². The van der Waals surface area contributed by atoms with Crippen LogP contribution in [0.25, 0.3) is 10.2 Å². The molecule has 2 rings (SSSR count). The van der Waals surface area contributed by atoms with Gasteiger partial charge in [-0.25, -0.2) is 9.78 Å². The number of fused-ring (bicyclic) bond motifs is 1. The Hall–Kier alpha value is -1.73. The minimum absolute atomic E-state index is 0.0745. The van der Waals surface area contributed by atoms with E-state index in [1.165, 1.54) is 11.3 Å². The van der Waals surface area contributed by atoms with Gasteiger partial charge in [-0.15, -0.1) is 11.3 Å². The lowest BCUT2D eigenvalue weighted by atomic mass is 10.2. The summed E-state index contributed by atoms with van der Waals surface area (Å²) in [6.45, 7) is 8.91. The zero-order chi connectivity index (χ0) is 16.3. The first-order valence-corrected chi connectivity index (χ1v) is 8.34. The molecule has 0 aliphatic heterocycles. The van der Waals surface area contributed by atoms with E-state index in [-0.39, 0.29) is 11.6 Å². The van der Waals surface area contributed by atoms with Gasteiger partial charge in [-0.3, -0.25) is 4.79 Å². The van der Waals surface area contributed by atoms with Gasteiger partial charge in [0, 0.05) is 0 Å². The van der Waals surface area contributed by atoms with Crippen molar-refractivity contribution in [2.75, 3.05) is 13.2 Å². The van der Waals surface area contributed by atoms with E-state index >= 15 is 0 Å². The average molecular weight is 324 g/mol. The Labute approximate surface area is 132 Å². The molecule has 120 valence electrons. The van der Waals surface area contributed by atoms with Crippen LogP contribution < -0.4 is 10.9 Å². The van der Waals surface area contributed by atoms with Crippen molar-refractivity contribution in [2.45, 2.75) is 40.2 Å². The third-order valence-corrected chi connectivity index (χ3v) is 4.69. The first-order chi connectivity index (χ1) is 10.5. The Morgan fingerprint density at radius 2 is 2.18 bits per heavy atom. The SMILES string of the molecule is CCC[NH2+][C@@H](C)c1nc2sc(C(=O)OCC)c(C)c2c(=O)[nH]1. The Kier molecular flexibility index (Phi) is 5.31. The highest BCUT2D eigenvalue weighted by molar-refractivity contribution is 7.20. The lowest BCUT2D eigenvalue weighted by Gasteiger charge is -2.08. The Bertz CT molecular complexity index is 735. The summed E-state index contributed by atoms with van der Waals surface area (Å²) < 4.78 is 5.03. The molecule has 0 aliphatic carbocycles. The van der Waals surface area contributed by atoms with E-state index < -0.39 is 5.97 Å². The summed E-state index contributed by atoms with van der Waals surface area (Å²) >= 11 is 1.22. The monoisotopic (exact) mass is 324 g/mol. The van der Waals surface area contributed by atoms with E-state index in [2.05, 4.69) is 22.2 Å². The molecule has 2 heterocycles. The molecule has 2 aromatic rings. The van der Waals surface area contributed by atoms with E-state index in [1.807, 2.05) is 6.92 Å². The van der Waals surface area contributed by atoms with Gasteiger partial charge in [0.2, 0.25) is 0 Å². The van der Waals surface area contributed by atoms with Crippen LogP contribution in [0.5, 0.6) is 0 Å². The second-order valence-corrected chi connectivity index (χ2v) is 6.22. The maximum atomic E-state index is 12.3. The maximum absolute atomic E-state index is 12.3. The molecular formula is C15H22N3O3S+. The molecule has 2 aromatic heterocycles.